The molecule has 0 radical (unpaired) electrons. The lowest BCUT2D eigenvalue weighted by molar-refractivity contribution is -0.140. The summed E-state index contributed by atoms with van der Waals surface area (Å²) in [5.74, 6) is 1.07. The number of nitrogens with zero attached hydrogens (tertiary/aromatic N) is 4. The number of rotatable bonds is 3. The SMILES string of the molecule is Cc1noc(C2CN(C(=O)C3CC(=O)N(c4ccccc4)C3)C2)n1. The summed E-state index contributed by atoms with van der Waals surface area (Å²) < 4.78 is 5.15. The van der Waals surface area contributed by atoms with Crippen molar-refractivity contribution in [2.24, 2.45) is 5.92 Å². The number of carbonyl (C=O) groups is 2. The van der Waals surface area contributed by atoms with Crippen molar-refractivity contribution in [1.29, 1.82) is 0 Å². The third kappa shape index (κ3) is 2.55. The second kappa shape index (κ2) is 5.74. The predicted octanol–water partition coefficient (Wildman–Crippen LogP) is 1.36. The lowest BCUT2D eigenvalue weighted by Gasteiger charge is -2.38. The van der Waals surface area contributed by atoms with E-state index in [0.29, 0.717) is 31.3 Å². The first-order chi connectivity index (χ1) is 11.6. The normalized spacial score (nSPS) is 21.2. The van der Waals surface area contributed by atoms with Crippen LogP contribution in [0.25, 0.3) is 0 Å². The summed E-state index contributed by atoms with van der Waals surface area (Å²) in [6.45, 7) is 3.38. The largest absolute Gasteiger partial charge is 0.341 e. The van der Waals surface area contributed by atoms with E-state index in [9.17, 15) is 9.59 Å². The smallest absolute Gasteiger partial charge is 0.233 e. The third-order valence-corrected chi connectivity index (χ3v) is 4.63. The Hall–Kier alpha value is -2.70. The number of benzene rings is 1. The molecular weight excluding hydrogens is 308 g/mol. The van der Waals surface area contributed by atoms with Gasteiger partial charge in [-0.15, -0.1) is 0 Å². The van der Waals surface area contributed by atoms with Gasteiger partial charge in [0.05, 0.1) is 11.8 Å². The molecule has 1 unspecified atom stereocenters. The van der Waals surface area contributed by atoms with Crippen molar-refractivity contribution >= 4 is 17.5 Å². The predicted molar refractivity (Wildman–Crippen MR) is 85.3 cm³/mol. The van der Waals surface area contributed by atoms with Crippen LogP contribution in [0, 0.1) is 12.8 Å². The molecule has 7 nitrogen and oxygen atoms in total. The Kier molecular flexibility index (Phi) is 3.55. The minimum absolute atomic E-state index is 0.00384. The fraction of sp³-hybridized carbons (Fsp3) is 0.412. The molecule has 2 aromatic rings. The van der Waals surface area contributed by atoms with Gasteiger partial charge < -0.3 is 14.3 Å². The van der Waals surface area contributed by atoms with Gasteiger partial charge in [0.1, 0.15) is 0 Å². The van der Waals surface area contributed by atoms with E-state index in [4.69, 9.17) is 4.52 Å². The van der Waals surface area contributed by atoms with Crippen molar-refractivity contribution in [2.45, 2.75) is 19.3 Å². The van der Waals surface area contributed by atoms with Gasteiger partial charge in [0.2, 0.25) is 17.7 Å². The molecule has 4 rings (SSSR count). The average Bonchev–Trinajstić information content (AvgIpc) is 3.13. The van der Waals surface area contributed by atoms with Crippen LogP contribution >= 0.6 is 0 Å². The van der Waals surface area contributed by atoms with E-state index in [2.05, 4.69) is 10.1 Å². The number of amides is 2. The van der Waals surface area contributed by atoms with Gasteiger partial charge in [-0.1, -0.05) is 23.4 Å². The fourth-order valence-electron chi connectivity index (χ4n) is 3.28. The minimum atomic E-state index is -0.275. The van der Waals surface area contributed by atoms with Crippen LogP contribution in [0.15, 0.2) is 34.9 Å². The molecule has 2 aliphatic heterocycles. The third-order valence-electron chi connectivity index (χ3n) is 4.63. The standard InChI is InChI=1S/C17H18N4O3/c1-11-18-16(24-19-11)13-8-20(9-13)17(23)12-7-15(22)21(10-12)14-5-3-2-4-6-14/h2-6,12-13H,7-10H2,1H3. The number of hydrogen-bond acceptors (Lipinski definition) is 5. The fourth-order valence-corrected chi connectivity index (χ4v) is 3.28. The molecule has 0 spiro atoms. The summed E-state index contributed by atoms with van der Waals surface area (Å²) in [5.41, 5.74) is 0.848. The Labute approximate surface area is 139 Å². The van der Waals surface area contributed by atoms with Gasteiger partial charge in [0, 0.05) is 31.7 Å². The maximum absolute atomic E-state index is 12.6. The zero-order valence-corrected chi connectivity index (χ0v) is 13.4. The van der Waals surface area contributed by atoms with Crippen molar-refractivity contribution in [1.82, 2.24) is 15.0 Å². The monoisotopic (exact) mass is 326 g/mol. The molecule has 7 heteroatoms. The van der Waals surface area contributed by atoms with Crippen molar-refractivity contribution in [2.75, 3.05) is 24.5 Å². The van der Waals surface area contributed by atoms with E-state index in [-0.39, 0.29) is 30.1 Å². The minimum Gasteiger partial charge on any atom is -0.341 e. The molecule has 1 aromatic carbocycles. The summed E-state index contributed by atoms with van der Waals surface area (Å²) in [4.78, 5) is 32.5. The first-order valence-electron chi connectivity index (χ1n) is 8.06. The molecule has 1 aromatic heterocycles. The van der Waals surface area contributed by atoms with Crippen LogP contribution in [0.3, 0.4) is 0 Å². The Balaban J connectivity index is 1.37. The van der Waals surface area contributed by atoms with Crippen molar-refractivity contribution in [3.05, 3.63) is 42.0 Å². The second-order valence-corrected chi connectivity index (χ2v) is 6.36. The van der Waals surface area contributed by atoms with Crippen LogP contribution in [0.1, 0.15) is 24.1 Å². The molecular formula is C17H18N4O3. The topological polar surface area (TPSA) is 79.5 Å². The van der Waals surface area contributed by atoms with E-state index in [1.165, 1.54) is 0 Å². The van der Waals surface area contributed by atoms with E-state index in [1.807, 2.05) is 30.3 Å². The van der Waals surface area contributed by atoms with E-state index in [1.54, 1.807) is 16.7 Å². The Bertz CT molecular complexity index is 767. The average molecular weight is 326 g/mol. The van der Waals surface area contributed by atoms with E-state index >= 15 is 0 Å². The van der Waals surface area contributed by atoms with E-state index in [0.717, 1.165) is 5.69 Å². The lowest BCUT2D eigenvalue weighted by atomic mass is 9.96. The number of likely N-dealkylation sites (tertiary alicyclic amines) is 1. The Morgan fingerprint density at radius 3 is 2.62 bits per heavy atom. The summed E-state index contributed by atoms with van der Waals surface area (Å²) in [6, 6.07) is 9.48. The van der Waals surface area contributed by atoms with Crippen LogP contribution < -0.4 is 4.90 Å². The van der Waals surface area contributed by atoms with Crippen molar-refractivity contribution < 1.29 is 14.1 Å². The zero-order chi connectivity index (χ0) is 16.7. The molecule has 2 saturated heterocycles. The van der Waals surface area contributed by atoms with Crippen molar-refractivity contribution in [3.63, 3.8) is 0 Å². The molecule has 2 amide bonds. The first kappa shape index (κ1) is 14.9. The molecule has 0 N–H and O–H groups in total. The zero-order valence-electron chi connectivity index (χ0n) is 13.4. The number of para-hydroxylation sites is 1. The van der Waals surface area contributed by atoms with Crippen molar-refractivity contribution in [3.8, 4) is 0 Å². The van der Waals surface area contributed by atoms with Crippen LogP contribution in [0.5, 0.6) is 0 Å². The molecule has 3 heterocycles. The molecule has 0 aliphatic carbocycles. The maximum atomic E-state index is 12.6. The number of anilines is 1. The van der Waals surface area contributed by atoms with Crippen LogP contribution in [0.4, 0.5) is 5.69 Å². The van der Waals surface area contributed by atoms with Gasteiger partial charge in [-0.25, -0.2) is 0 Å². The molecule has 0 saturated carbocycles. The van der Waals surface area contributed by atoms with E-state index < -0.39 is 0 Å². The molecule has 0 bridgehead atoms. The first-order valence-corrected chi connectivity index (χ1v) is 8.06. The van der Waals surface area contributed by atoms with Gasteiger partial charge in [0.25, 0.3) is 0 Å². The highest BCUT2D eigenvalue weighted by atomic mass is 16.5. The quantitative estimate of drug-likeness (QED) is 0.851. The summed E-state index contributed by atoms with van der Waals surface area (Å²) in [7, 11) is 0. The lowest BCUT2D eigenvalue weighted by Crippen LogP contribution is -2.51. The molecule has 1 atom stereocenters. The van der Waals surface area contributed by atoms with Gasteiger partial charge in [-0.2, -0.15) is 4.98 Å². The number of hydrogen-bond donors (Lipinski definition) is 0. The number of aryl methyl sites for hydroxylation is 1. The summed E-state index contributed by atoms with van der Waals surface area (Å²) in [6.07, 6.45) is 0.272. The van der Waals surface area contributed by atoms with Crippen LogP contribution in [0.2, 0.25) is 0 Å². The summed E-state index contributed by atoms with van der Waals surface area (Å²) in [5, 5.41) is 3.78. The highest BCUT2D eigenvalue weighted by Gasteiger charge is 2.42. The van der Waals surface area contributed by atoms with Crippen LogP contribution in [-0.4, -0.2) is 46.5 Å². The van der Waals surface area contributed by atoms with Gasteiger partial charge >= 0.3 is 0 Å². The highest BCUT2D eigenvalue weighted by molar-refractivity contribution is 6.00. The molecule has 2 aliphatic rings. The van der Waals surface area contributed by atoms with Crippen LogP contribution in [-0.2, 0) is 9.59 Å². The Morgan fingerprint density at radius 1 is 1.21 bits per heavy atom. The second-order valence-electron chi connectivity index (χ2n) is 6.36. The molecule has 124 valence electrons. The number of carbonyl (C=O) groups excluding carboxylic acids is 2. The maximum Gasteiger partial charge on any atom is 0.233 e. The number of aromatic nitrogens is 2. The van der Waals surface area contributed by atoms with Gasteiger partial charge in [0.15, 0.2) is 5.82 Å². The Morgan fingerprint density at radius 2 is 1.96 bits per heavy atom. The highest BCUT2D eigenvalue weighted by Crippen LogP contribution is 2.31. The summed E-state index contributed by atoms with van der Waals surface area (Å²) >= 11 is 0. The molecule has 2 fully saturated rings. The molecule has 24 heavy (non-hydrogen) atoms. The van der Waals surface area contributed by atoms with Gasteiger partial charge in [-0.05, 0) is 19.1 Å². The van der Waals surface area contributed by atoms with Gasteiger partial charge in [-0.3, -0.25) is 9.59 Å².